The van der Waals surface area contributed by atoms with Gasteiger partial charge in [-0.1, -0.05) is 12.1 Å². The normalized spacial score (nSPS) is 14.9. The Labute approximate surface area is 166 Å². The number of likely N-dealkylation sites (tertiary alicyclic amines) is 1. The van der Waals surface area contributed by atoms with Gasteiger partial charge in [-0.25, -0.2) is 13.1 Å². The quantitative estimate of drug-likeness (QED) is 0.801. The molecule has 0 unspecified atom stereocenters. The Balaban J connectivity index is 1.80. The van der Waals surface area contributed by atoms with Crippen LogP contribution in [-0.4, -0.2) is 44.0 Å². The number of benzene rings is 1. The van der Waals surface area contributed by atoms with E-state index in [0.29, 0.717) is 17.1 Å². The summed E-state index contributed by atoms with van der Waals surface area (Å²) in [6.07, 6.45) is 3.11. The summed E-state index contributed by atoms with van der Waals surface area (Å²) in [4.78, 5) is 14.8. The maximum Gasteiger partial charge on any atom is 0.270 e. The summed E-state index contributed by atoms with van der Waals surface area (Å²) in [6, 6.07) is 8.71. The summed E-state index contributed by atoms with van der Waals surface area (Å²) in [5.41, 5.74) is 1.74. The Morgan fingerprint density at radius 1 is 1.18 bits per heavy atom. The second-order valence-corrected chi connectivity index (χ2v) is 8.80. The van der Waals surface area contributed by atoms with Crippen LogP contribution in [0.3, 0.4) is 0 Å². The van der Waals surface area contributed by atoms with Crippen LogP contribution in [-0.2, 0) is 23.6 Å². The first-order chi connectivity index (χ1) is 13.3. The van der Waals surface area contributed by atoms with Crippen molar-refractivity contribution >= 4 is 15.9 Å². The number of aromatic nitrogens is 1. The standard InChI is InChI=1S/C20H27N3O4S/c1-15-19(13-18(22(15)2)20(24)23-10-5-4-6-11-23)28(25,26)21-14-16-8-7-9-17(12-16)27-3/h7-9,12-13,21H,4-6,10-11,14H2,1-3H3. The molecule has 152 valence electrons. The van der Waals surface area contributed by atoms with E-state index in [2.05, 4.69) is 4.72 Å². The number of hydrogen-bond acceptors (Lipinski definition) is 4. The molecule has 0 bridgehead atoms. The third-order valence-electron chi connectivity index (χ3n) is 5.24. The molecule has 1 aliphatic rings. The number of amides is 1. The fourth-order valence-corrected chi connectivity index (χ4v) is 4.75. The van der Waals surface area contributed by atoms with Gasteiger partial charge in [-0.15, -0.1) is 0 Å². The molecule has 8 heteroatoms. The number of carbonyl (C=O) groups excluding carboxylic acids is 1. The van der Waals surface area contributed by atoms with Crippen molar-refractivity contribution < 1.29 is 17.9 Å². The largest absolute Gasteiger partial charge is 0.497 e. The highest BCUT2D eigenvalue weighted by Crippen LogP contribution is 2.22. The number of ether oxygens (including phenoxy) is 1. The van der Waals surface area contributed by atoms with Crippen LogP contribution >= 0.6 is 0 Å². The van der Waals surface area contributed by atoms with Crippen molar-refractivity contribution in [2.45, 2.75) is 37.6 Å². The van der Waals surface area contributed by atoms with E-state index in [1.54, 1.807) is 42.7 Å². The fourth-order valence-electron chi connectivity index (χ4n) is 3.45. The molecule has 7 nitrogen and oxygen atoms in total. The first-order valence-corrected chi connectivity index (χ1v) is 10.9. The summed E-state index contributed by atoms with van der Waals surface area (Å²) < 4.78 is 35.2. The van der Waals surface area contributed by atoms with Gasteiger partial charge in [0.1, 0.15) is 16.3 Å². The van der Waals surface area contributed by atoms with Crippen molar-refractivity contribution in [2.75, 3.05) is 20.2 Å². The number of nitrogens with one attached hydrogen (secondary N) is 1. The van der Waals surface area contributed by atoms with Crippen molar-refractivity contribution in [3.05, 3.63) is 47.3 Å². The molecule has 1 aromatic carbocycles. The van der Waals surface area contributed by atoms with Crippen molar-refractivity contribution in [3.8, 4) is 5.75 Å². The molecule has 3 rings (SSSR count). The van der Waals surface area contributed by atoms with Gasteiger partial charge in [0.15, 0.2) is 0 Å². The number of rotatable bonds is 6. The number of piperidine rings is 1. The Morgan fingerprint density at radius 3 is 2.57 bits per heavy atom. The van der Waals surface area contributed by atoms with Crippen LogP contribution < -0.4 is 9.46 Å². The van der Waals surface area contributed by atoms with Gasteiger partial charge in [0, 0.05) is 32.4 Å². The lowest BCUT2D eigenvalue weighted by Gasteiger charge is -2.26. The Bertz CT molecular complexity index is 960. The summed E-state index contributed by atoms with van der Waals surface area (Å²) in [6.45, 7) is 3.30. The van der Waals surface area contributed by atoms with Crippen LogP contribution in [0.2, 0.25) is 0 Å². The number of carbonyl (C=O) groups is 1. The van der Waals surface area contributed by atoms with Gasteiger partial charge < -0.3 is 14.2 Å². The highest BCUT2D eigenvalue weighted by molar-refractivity contribution is 7.89. The molecule has 1 amide bonds. The zero-order chi connectivity index (χ0) is 20.3. The molecule has 1 aliphatic heterocycles. The maximum atomic E-state index is 12.9. The zero-order valence-electron chi connectivity index (χ0n) is 16.6. The number of methoxy groups -OCH3 is 1. The third kappa shape index (κ3) is 4.23. The van der Waals surface area contributed by atoms with Crippen LogP contribution in [0.15, 0.2) is 35.2 Å². The maximum absolute atomic E-state index is 12.9. The highest BCUT2D eigenvalue weighted by Gasteiger charge is 2.27. The van der Waals surface area contributed by atoms with E-state index in [-0.39, 0.29) is 17.3 Å². The van der Waals surface area contributed by atoms with Gasteiger partial charge in [0.05, 0.1) is 7.11 Å². The molecule has 1 N–H and O–H groups in total. The molecule has 0 aliphatic carbocycles. The van der Waals surface area contributed by atoms with E-state index in [1.807, 2.05) is 12.1 Å². The van der Waals surface area contributed by atoms with Crippen molar-refractivity contribution in [1.29, 1.82) is 0 Å². The predicted molar refractivity (Wildman–Crippen MR) is 107 cm³/mol. The van der Waals surface area contributed by atoms with Gasteiger partial charge in [-0.05, 0) is 49.9 Å². The summed E-state index contributed by atoms with van der Waals surface area (Å²) in [7, 11) is -0.460. The third-order valence-corrected chi connectivity index (χ3v) is 6.76. The van der Waals surface area contributed by atoms with Crippen molar-refractivity contribution in [3.63, 3.8) is 0 Å². The lowest BCUT2D eigenvalue weighted by atomic mass is 10.1. The minimum Gasteiger partial charge on any atom is -0.497 e. The summed E-state index contributed by atoms with van der Waals surface area (Å²) in [5.74, 6) is 0.557. The molecule has 1 fully saturated rings. The van der Waals surface area contributed by atoms with E-state index in [9.17, 15) is 13.2 Å². The average molecular weight is 406 g/mol. The van der Waals surface area contributed by atoms with Crippen molar-refractivity contribution in [1.82, 2.24) is 14.2 Å². The molecule has 0 saturated carbocycles. The molecule has 2 heterocycles. The Morgan fingerprint density at radius 2 is 1.89 bits per heavy atom. The fraction of sp³-hybridized carbons (Fsp3) is 0.450. The molecule has 0 atom stereocenters. The van der Waals surface area contributed by atoms with Gasteiger partial charge in [0.2, 0.25) is 10.0 Å². The molecule has 0 radical (unpaired) electrons. The predicted octanol–water partition coefficient (Wildman–Crippen LogP) is 2.45. The highest BCUT2D eigenvalue weighted by atomic mass is 32.2. The number of hydrogen-bond donors (Lipinski definition) is 1. The molecule has 28 heavy (non-hydrogen) atoms. The SMILES string of the molecule is COc1cccc(CNS(=O)(=O)c2cc(C(=O)N3CCCCC3)n(C)c2C)c1. The first-order valence-electron chi connectivity index (χ1n) is 9.41. The van der Waals surface area contributed by atoms with E-state index in [4.69, 9.17) is 4.74 Å². The summed E-state index contributed by atoms with van der Waals surface area (Å²) >= 11 is 0. The lowest BCUT2D eigenvalue weighted by Crippen LogP contribution is -2.36. The van der Waals surface area contributed by atoms with E-state index in [0.717, 1.165) is 37.9 Å². The lowest BCUT2D eigenvalue weighted by molar-refractivity contribution is 0.0714. The smallest absolute Gasteiger partial charge is 0.270 e. The topological polar surface area (TPSA) is 80.6 Å². The molecule has 2 aromatic rings. The Kier molecular flexibility index (Phi) is 6.10. The van der Waals surface area contributed by atoms with Gasteiger partial charge in [-0.3, -0.25) is 4.79 Å². The van der Waals surface area contributed by atoms with E-state index in [1.165, 1.54) is 6.07 Å². The van der Waals surface area contributed by atoms with Gasteiger partial charge in [-0.2, -0.15) is 0 Å². The van der Waals surface area contributed by atoms with E-state index >= 15 is 0 Å². The minimum absolute atomic E-state index is 0.112. The van der Waals surface area contributed by atoms with Crippen LogP contribution in [0.25, 0.3) is 0 Å². The average Bonchev–Trinajstić information content (AvgIpc) is 3.02. The Hall–Kier alpha value is -2.32. The molecular formula is C20H27N3O4S. The zero-order valence-corrected chi connectivity index (χ0v) is 17.4. The minimum atomic E-state index is -3.76. The summed E-state index contributed by atoms with van der Waals surface area (Å²) in [5, 5.41) is 0. The second-order valence-electron chi connectivity index (χ2n) is 7.07. The first kappa shape index (κ1) is 20.4. The van der Waals surface area contributed by atoms with Gasteiger partial charge >= 0.3 is 0 Å². The molecule has 1 aromatic heterocycles. The second kappa shape index (κ2) is 8.36. The van der Waals surface area contributed by atoms with Gasteiger partial charge in [0.25, 0.3) is 5.91 Å². The van der Waals surface area contributed by atoms with Crippen LogP contribution in [0.5, 0.6) is 5.75 Å². The monoisotopic (exact) mass is 405 g/mol. The van der Waals surface area contributed by atoms with Crippen LogP contribution in [0, 0.1) is 6.92 Å². The molecular weight excluding hydrogens is 378 g/mol. The number of nitrogens with zero attached hydrogens (tertiary/aromatic N) is 2. The van der Waals surface area contributed by atoms with Crippen molar-refractivity contribution in [2.24, 2.45) is 7.05 Å². The van der Waals surface area contributed by atoms with Crippen LogP contribution in [0.4, 0.5) is 0 Å². The van der Waals surface area contributed by atoms with Crippen LogP contribution in [0.1, 0.15) is 41.0 Å². The number of sulfonamides is 1. The molecule has 0 spiro atoms. The van der Waals surface area contributed by atoms with E-state index < -0.39 is 10.0 Å². The molecule has 1 saturated heterocycles.